The molecule has 0 aliphatic carbocycles. The van der Waals surface area contributed by atoms with Crippen molar-refractivity contribution in [2.75, 3.05) is 5.32 Å². The molecule has 122 valence electrons. The Kier molecular flexibility index (Phi) is 3.26. The second-order valence-corrected chi connectivity index (χ2v) is 6.25. The number of rotatable bonds is 2. The van der Waals surface area contributed by atoms with Gasteiger partial charge in [-0.2, -0.15) is 0 Å². The maximum atomic E-state index is 12.1. The Hall–Kier alpha value is -2.89. The van der Waals surface area contributed by atoms with Crippen molar-refractivity contribution in [3.63, 3.8) is 0 Å². The largest absolute Gasteiger partial charge is 0.465 e. The van der Waals surface area contributed by atoms with E-state index in [4.69, 9.17) is 4.42 Å². The number of aromatic nitrogens is 3. The van der Waals surface area contributed by atoms with Gasteiger partial charge in [0.1, 0.15) is 5.76 Å². The van der Waals surface area contributed by atoms with Crippen molar-refractivity contribution in [1.29, 1.82) is 0 Å². The summed E-state index contributed by atoms with van der Waals surface area (Å²) in [5.41, 5.74) is 4.76. The maximum Gasteiger partial charge on any atom is 0.226 e. The Morgan fingerprint density at radius 2 is 2.29 bits per heavy atom. The van der Waals surface area contributed by atoms with Gasteiger partial charge in [-0.05, 0) is 45.0 Å². The summed E-state index contributed by atoms with van der Waals surface area (Å²) in [6.45, 7) is 5.97. The number of hydrogen-bond donors (Lipinski definition) is 1. The first-order valence-corrected chi connectivity index (χ1v) is 7.91. The molecule has 1 atom stereocenters. The molecule has 0 bridgehead atoms. The Morgan fingerprint density at radius 1 is 1.46 bits per heavy atom. The van der Waals surface area contributed by atoms with Crippen molar-refractivity contribution in [1.82, 2.24) is 14.6 Å². The summed E-state index contributed by atoms with van der Waals surface area (Å²) < 4.78 is 7.21. The smallest absolute Gasteiger partial charge is 0.226 e. The predicted octanol–water partition coefficient (Wildman–Crippen LogP) is 3.47. The van der Waals surface area contributed by atoms with Gasteiger partial charge in [0, 0.05) is 29.3 Å². The average Bonchev–Trinajstić information content (AvgIpc) is 3.14. The highest BCUT2D eigenvalue weighted by molar-refractivity contribution is 5.96. The van der Waals surface area contributed by atoms with Crippen molar-refractivity contribution in [2.24, 2.45) is 0 Å². The van der Waals surface area contributed by atoms with Gasteiger partial charge in [-0.25, -0.2) is 9.50 Å². The lowest BCUT2D eigenvalue weighted by atomic mass is 9.87. The summed E-state index contributed by atoms with van der Waals surface area (Å²) in [7, 11) is 0. The van der Waals surface area contributed by atoms with Crippen LogP contribution < -0.4 is 5.32 Å². The molecule has 0 spiro atoms. The zero-order valence-corrected chi connectivity index (χ0v) is 13.8. The lowest BCUT2D eigenvalue weighted by Gasteiger charge is -2.22. The van der Waals surface area contributed by atoms with Gasteiger partial charge >= 0.3 is 0 Å². The molecule has 4 rings (SSSR count). The average molecular weight is 322 g/mol. The van der Waals surface area contributed by atoms with Gasteiger partial charge < -0.3 is 9.73 Å². The monoisotopic (exact) mass is 322 g/mol. The third-order valence-electron chi connectivity index (χ3n) is 4.39. The van der Waals surface area contributed by atoms with Crippen molar-refractivity contribution in [3.8, 4) is 0 Å². The van der Waals surface area contributed by atoms with Crippen molar-refractivity contribution < 1.29 is 9.21 Å². The van der Waals surface area contributed by atoms with Crippen molar-refractivity contribution in [3.05, 3.63) is 52.7 Å². The second kappa shape index (κ2) is 5.33. The first-order chi connectivity index (χ1) is 11.5. The van der Waals surface area contributed by atoms with E-state index in [0.717, 1.165) is 33.9 Å². The summed E-state index contributed by atoms with van der Waals surface area (Å²) in [5, 5.41) is 7.42. The number of nitrogens with zero attached hydrogens (tertiary/aromatic N) is 3. The van der Waals surface area contributed by atoms with Gasteiger partial charge in [0.25, 0.3) is 0 Å². The SMILES string of the molecule is C/C(=C\c1ccco1)[C@@H]1CC(=O)Nc2nn3c(C)cc(C)nc3c21. The second-order valence-electron chi connectivity index (χ2n) is 6.25. The molecule has 0 unspecified atom stereocenters. The number of allylic oxidation sites excluding steroid dienone is 1. The summed E-state index contributed by atoms with van der Waals surface area (Å²) in [4.78, 5) is 16.8. The van der Waals surface area contributed by atoms with Crippen LogP contribution in [0.3, 0.4) is 0 Å². The number of aryl methyl sites for hydroxylation is 2. The lowest BCUT2D eigenvalue weighted by Crippen LogP contribution is -2.23. The molecule has 4 heterocycles. The Balaban J connectivity index is 1.91. The molecule has 1 aliphatic heterocycles. The zero-order valence-electron chi connectivity index (χ0n) is 13.8. The van der Waals surface area contributed by atoms with Crippen LogP contribution >= 0.6 is 0 Å². The van der Waals surface area contributed by atoms with E-state index in [1.54, 1.807) is 10.8 Å². The number of carbonyl (C=O) groups excluding carboxylic acids is 1. The van der Waals surface area contributed by atoms with Gasteiger partial charge in [-0.15, -0.1) is 5.10 Å². The molecule has 6 nitrogen and oxygen atoms in total. The van der Waals surface area contributed by atoms with E-state index in [-0.39, 0.29) is 11.8 Å². The highest BCUT2D eigenvalue weighted by Gasteiger charge is 2.32. The molecule has 0 saturated carbocycles. The minimum atomic E-state index is -0.0648. The van der Waals surface area contributed by atoms with Crippen LogP contribution in [0.2, 0.25) is 0 Å². The third kappa shape index (κ3) is 2.31. The Labute approximate surface area is 139 Å². The number of fused-ring (bicyclic) bond motifs is 3. The molecule has 24 heavy (non-hydrogen) atoms. The molecule has 6 heteroatoms. The first-order valence-electron chi connectivity index (χ1n) is 7.91. The molecule has 1 aliphatic rings. The third-order valence-corrected chi connectivity index (χ3v) is 4.39. The molecule has 0 fully saturated rings. The molecular weight excluding hydrogens is 304 g/mol. The van der Waals surface area contributed by atoms with Crippen LogP contribution in [0.5, 0.6) is 0 Å². The van der Waals surface area contributed by atoms with Gasteiger partial charge in [0.2, 0.25) is 5.91 Å². The normalized spacial score (nSPS) is 17.9. The summed E-state index contributed by atoms with van der Waals surface area (Å²) >= 11 is 0. The van der Waals surface area contributed by atoms with Gasteiger partial charge in [0.15, 0.2) is 11.5 Å². The summed E-state index contributed by atoms with van der Waals surface area (Å²) in [6.07, 6.45) is 3.99. The van der Waals surface area contributed by atoms with Crippen LogP contribution in [0.25, 0.3) is 11.7 Å². The van der Waals surface area contributed by atoms with E-state index >= 15 is 0 Å². The number of amides is 1. The van der Waals surface area contributed by atoms with E-state index in [1.165, 1.54) is 0 Å². The quantitative estimate of drug-likeness (QED) is 0.784. The molecule has 0 saturated heterocycles. The fourth-order valence-corrected chi connectivity index (χ4v) is 3.31. The molecule has 3 aromatic rings. The standard InChI is InChI=1S/C18H18N4O2/c1-10(7-13-5-4-6-24-13)14-9-15(23)20-17-16(14)18-19-11(2)8-12(3)22(18)21-17/h4-8,14H,9H2,1-3H3,(H,20,21,23)/b10-7+/t14-/m0/s1. The van der Waals surface area contributed by atoms with Crippen molar-refractivity contribution >= 4 is 23.4 Å². The van der Waals surface area contributed by atoms with Crippen LogP contribution in [0.1, 0.15) is 42.0 Å². The molecule has 1 amide bonds. The Morgan fingerprint density at radius 3 is 3.04 bits per heavy atom. The predicted molar refractivity (Wildman–Crippen MR) is 90.8 cm³/mol. The summed E-state index contributed by atoms with van der Waals surface area (Å²) in [6, 6.07) is 5.73. The highest BCUT2D eigenvalue weighted by Crippen LogP contribution is 2.39. The van der Waals surface area contributed by atoms with Gasteiger partial charge in [-0.1, -0.05) is 5.57 Å². The zero-order chi connectivity index (χ0) is 16.8. The molecule has 3 aromatic heterocycles. The van der Waals surface area contributed by atoms with E-state index in [9.17, 15) is 4.79 Å². The highest BCUT2D eigenvalue weighted by atomic mass is 16.3. The van der Waals surface area contributed by atoms with E-state index < -0.39 is 0 Å². The van der Waals surface area contributed by atoms with Crippen LogP contribution in [0.15, 0.2) is 34.5 Å². The topological polar surface area (TPSA) is 72.4 Å². The van der Waals surface area contributed by atoms with E-state index in [2.05, 4.69) is 15.4 Å². The Bertz CT molecular complexity index is 967. The minimum Gasteiger partial charge on any atom is -0.465 e. The summed E-state index contributed by atoms with van der Waals surface area (Å²) in [5.74, 6) is 1.28. The minimum absolute atomic E-state index is 0.0301. The van der Waals surface area contributed by atoms with E-state index in [0.29, 0.717) is 12.2 Å². The number of hydrogen-bond acceptors (Lipinski definition) is 4. The van der Waals surface area contributed by atoms with Crippen LogP contribution in [0.4, 0.5) is 5.82 Å². The van der Waals surface area contributed by atoms with E-state index in [1.807, 2.05) is 45.0 Å². The number of nitrogens with one attached hydrogen (secondary N) is 1. The van der Waals surface area contributed by atoms with Gasteiger partial charge in [0.05, 0.1) is 6.26 Å². The molecular formula is C18H18N4O2. The first kappa shape index (κ1) is 14.7. The molecule has 0 radical (unpaired) electrons. The van der Waals surface area contributed by atoms with Crippen molar-refractivity contribution in [2.45, 2.75) is 33.1 Å². The lowest BCUT2D eigenvalue weighted by molar-refractivity contribution is -0.116. The van der Waals surface area contributed by atoms with Gasteiger partial charge in [-0.3, -0.25) is 4.79 Å². The van der Waals surface area contributed by atoms with Crippen LogP contribution in [-0.2, 0) is 4.79 Å². The fourth-order valence-electron chi connectivity index (χ4n) is 3.31. The molecule has 0 aromatic carbocycles. The fraction of sp³-hybridized carbons (Fsp3) is 0.278. The number of anilines is 1. The van der Waals surface area contributed by atoms with Crippen LogP contribution in [-0.4, -0.2) is 20.5 Å². The van der Waals surface area contributed by atoms with Crippen LogP contribution in [0, 0.1) is 13.8 Å². The molecule has 1 N–H and O–H groups in total. The number of furan rings is 1. The number of carbonyl (C=O) groups is 1. The maximum absolute atomic E-state index is 12.1.